The minimum absolute atomic E-state index is 0.323. The first-order valence-electron chi connectivity index (χ1n) is 6.77. The van der Waals surface area contributed by atoms with E-state index < -0.39 is 0 Å². The van der Waals surface area contributed by atoms with Crippen LogP contribution < -0.4 is 5.32 Å². The molecule has 1 aliphatic rings. The molecule has 0 spiro atoms. The van der Waals surface area contributed by atoms with Gasteiger partial charge in [0, 0.05) is 37.5 Å². The second-order valence-corrected chi connectivity index (χ2v) is 6.48. The minimum Gasteiger partial charge on any atom is -0.396 e. The molecule has 1 heterocycles. The van der Waals surface area contributed by atoms with Crippen molar-refractivity contribution in [3.8, 4) is 0 Å². The van der Waals surface area contributed by atoms with Crippen LogP contribution in [0.15, 0.2) is 0 Å². The molecule has 3 unspecified atom stereocenters. The van der Waals surface area contributed by atoms with Crippen molar-refractivity contribution in [1.29, 1.82) is 0 Å². The molecule has 0 aliphatic carbocycles. The summed E-state index contributed by atoms with van der Waals surface area (Å²) in [6.07, 6.45) is 2.19. The molecule has 4 heteroatoms. The number of thioether (sulfide) groups is 1. The Balaban J connectivity index is 2.10. The fourth-order valence-electron chi connectivity index (χ4n) is 2.41. The Morgan fingerprint density at radius 1 is 1.35 bits per heavy atom. The van der Waals surface area contributed by atoms with Gasteiger partial charge in [0.05, 0.1) is 0 Å². The molecule has 1 aliphatic heterocycles. The van der Waals surface area contributed by atoms with E-state index in [2.05, 4.69) is 31.1 Å². The summed E-state index contributed by atoms with van der Waals surface area (Å²) in [4.78, 5) is 2.46. The molecule has 2 N–H and O–H groups in total. The quantitative estimate of drug-likeness (QED) is 0.679. The first kappa shape index (κ1) is 15.3. The zero-order chi connectivity index (χ0) is 12.7. The third kappa shape index (κ3) is 5.60. The summed E-state index contributed by atoms with van der Waals surface area (Å²) < 4.78 is 0. The highest BCUT2D eigenvalue weighted by molar-refractivity contribution is 7.99. The number of piperidine rings is 1. The van der Waals surface area contributed by atoms with Crippen molar-refractivity contribution in [1.82, 2.24) is 10.2 Å². The third-order valence-electron chi connectivity index (χ3n) is 3.71. The summed E-state index contributed by atoms with van der Waals surface area (Å²) >= 11 is 1.94. The Morgan fingerprint density at radius 3 is 2.82 bits per heavy atom. The number of nitrogens with one attached hydrogen (secondary N) is 1. The molecular weight excluding hydrogens is 232 g/mol. The van der Waals surface area contributed by atoms with Gasteiger partial charge in [0.25, 0.3) is 0 Å². The van der Waals surface area contributed by atoms with E-state index >= 15 is 0 Å². The normalized spacial score (nSPS) is 30.7. The molecule has 0 bridgehead atoms. The SMILES string of the molecule is CC1CN(C)C(C)CC1NCCSCCCO. The standard InChI is InChI=1S/C13H28N2OS/c1-11-10-15(3)12(2)9-13(11)14-5-8-17-7-4-6-16/h11-14,16H,4-10H2,1-3H3. The average Bonchev–Trinajstić information content (AvgIpc) is 2.30. The lowest BCUT2D eigenvalue weighted by molar-refractivity contribution is 0.123. The number of aliphatic hydroxyl groups excluding tert-OH is 1. The second kappa shape index (κ2) is 8.35. The van der Waals surface area contributed by atoms with E-state index in [-0.39, 0.29) is 0 Å². The number of hydrogen-bond acceptors (Lipinski definition) is 4. The van der Waals surface area contributed by atoms with Crippen molar-refractivity contribution >= 4 is 11.8 Å². The van der Waals surface area contributed by atoms with Crippen molar-refractivity contribution in [3.05, 3.63) is 0 Å². The Bertz CT molecular complexity index is 204. The van der Waals surface area contributed by atoms with Crippen LogP contribution in [0.25, 0.3) is 0 Å². The molecule has 1 rings (SSSR count). The fourth-order valence-corrected chi connectivity index (χ4v) is 3.21. The van der Waals surface area contributed by atoms with Crippen LogP contribution >= 0.6 is 11.8 Å². The number of aliphatic hydroxyl groups is 1. The number of likely N-dealkylation sites (tertiary alicyclic amines) is 1. The second-order valence-electron chi connectivity index (χ2n) is 5.25. The van der Waals surface area contributed by atoms with Crippen molar-refractivity contribution in [3.63, 3.8) is 0 Å². The van der Waals surface area contributed by atoms with Gasteiger partial charge in [0.2, 0.25) is 0 Å². The monoisotopic (exact) mass is 260 g/mol. The van der Waals surface area contributed by atoms with Gasteiger partial charge in [-0.3, -0.25) is 0 Å². The molecule has 0 saturated carbocycles. The zero-order valence-corrected chi connectivity index (χ0v) is 12.3. The minimum atomic E-state index is 0.323. The van der Waals surface area contributed by atoms with Gasteiger partial charge < -0.3 is 15.3 Å². The van der Waals surface area contributed by atoms with Crippen LogP contribution in [0.2, 0.25) is 0 Å². The fraction of sp³-hybridized carbons (Fsp3) is 1.00. The first-order valence-corrected chi connectivity index (χ1v) is 7.92. The van der Waals surface area contributed by atoms with Crippen LogP contribution in [0.5, 0.6) is 0 Å². The van der Waals surface area contributed by atoms with Crippen LogP contribution in [-0.4, -0.2) is 60.3 Å². The topological polar surface area (TPSA) is 35.5 Å². The van der Waals surface area contributed by atoms with Crippen molar-refractivity contribution in [2.75, 3.05) is 38.2 Å². The summed E-state index contributed by atoms with van der Waals surface area (Å²) in [5.74, 6) is 2.99. The van der Waals surface area contributed by atoms with E-state index in [1.807, 2.05) is 11.8 Å². The predicted octanol–water partition coefficient (Wildman–Crippen LogP) is 1.42. The highest BCUT2D eigenvalue weighted by atomic mass is 32.2. The largest absolute Gasteiger partial charge is 0.396 e. The molecule has 0 aromatic carbocycles. The van der Waals surface area contributed by atoms with Crippen LogP contribution in [0.1, 0.15) is 26.7 Å². The van der Waals surface area contributed by atoms with E-state index in [9.17, 15) is 0 Å². The lowest BCUT2D eigenvalue weighted by Gasteiger charge is -2.40. The lowest BCUT2D eigenvalue weighted by atomic mass is 9.90. The van der Waals surface area contributed by atoms with Crippen LogP contribution in [0, 0.1) is 5.92 Å². The number of hydrogen-bond donors (Lipinski definition) is 2. The van der Waals surface area contributed by atoms with E-state index in [1.54, 1.807) is 0 Å². The lowest BCUT2D eigenvalue weighted by Crippen LogP contribution is -2.51. The molecule has 0 aromatic rings. The van der Waals surface area contributed by atoms with Gasteiger partial charge in [-0.1, -0.05) is 6.92 Å². The summed E-state index contributed by atoms with van der Waals surface area (Å²) in [7, 11) is 2.22. The molecule has 1 saturated heterocycles. The molecule has 3 atom stereocenters. The maximum atomic E-state index is 8.68. The van der Waals surface area contributed by atoms with Crippen molar-refractivity contribution < 1.29 is 5.11 Å². The molecule has 0 amide bonds. The van der Waals surface area contributed by atoms with Gasteiger partial charge in [-0.25, -0.2) is 0 Å². The highest BCUT2D eigenvalue weighted by Gasteiger charge is 2.27. The van der Waals surface area contributed by atoms with Gasteiger partial charge in [-0.2, -0.15) is 11.8 Å². The smallest absolute Gasteiger partial charge is 0.0438 e. The van der Waals surface area contributed by atoms with Crippen LogP contribution in [0.4, 0.5) is 0 Å². The van der Waals surface area contributed by atoms with Gasteiger partial charge in [-0.05, 0) is 38.5 Å². The van der Waals surface area contributed by atoms with Gasteiger partial charge >= 0.3 is 0 Å². The van der Waals surface area contributed by atoms with E-state index in [4.69, 9.17) is 5.11 Å². The Hall–Kier alpha value is 0.230. The predicted molar refractivity (Wildman–Crippen MR) is 76.7 cm³/mol. The number of nitrogens with zero attached hydrogens (tertiary/aromatic N) is 1. The molecule has 3 nitrogen and oxygen atoms in total. The van der Waals surface area contributed by atoms with Crippen molar-refractivity contribution in [2.45, 2.75) is 38.8 Å². The molecule has 17 heavy (non-hydrogen) atoms. The molecule has 0 radical (unpaired) electrons. The summed E-state index contributed by atoms with van der Waals surface area (Å²) in [6.45, 7) is 7.29. The third-order valence-corrected chi connectivity index (χ3v) is 4.78. The van der Waals surface area contributed by atoms with Crippen LogP contribution in [0.3, 0.4) is 0 Å². The van der Waals surface area contributed by atoms with Gasteiger partial charge in [-0.15, -0.1) is 0 Å². The van der Waals surface area contributed by atoms with Crippen LogP contribution in [-0.2, 0) is 0 Å². The summed E-state index contributed by atoms with van der Waals surface area (Å²) in [5, 5.41) is 12.4. The Kier molecular flexibility index (Phi) is 7.51. The summed E-state index contributed by atoms with van der Waals surface area (Å²) in [6, 6.07) is 1.38. The van der Waals surface area contributed by atoms with E-state index in [1.165, 1.54) is 13.0 Å². The van der Waals surface area contributed by atoms with E-state index in [0.717, 1.165) is 30.4 Å². The maximum absolute atomic E-state index is 8.68. The molecule has 0 aromatic heterocycles. The highest BCUT2D eigenvalue weighted by Crippen LogP contribution is 2.20. The van der Waals surface area contributed by atoms with Crippen molar-refractivity contribution in [2.24, 2.45) is 5.92 Å². The van der Waals surface area contributed by atoms with E-state index in [0.29, 0.717) is 18.7 Å². The number of rotatable bonds is 7. The Morgan fingerprint density at radius 2 is 2.12 bits per heavy atom. The summed E-state index contributed by atoms with van der Waals surface area (Å²) in [5.41, 5.74) is 0. The molecular formula is C13H28N2OS. The average molecular weight is 260 g/mol. The Labute approximate surface area is 110 Å². The zero-order valence-electron chi connectivity index (χ0n) is 11.5. The maximum Gasteiger partial charge on any atom is 0.0438 e. The molecule has 1 fully saturated rings. The van der Waals surface area contributed by atoms with Gasteiger partial charge in [0.1, 0.15) is 0 Å². The first-order chi connectivity index (χ1) is 8.15. The molecule has 102 valence electrons. The van der Waals surface area contributed by atoms with Gasteiger partial charge in [0.15, 0.2) is 0 Å².